The highest BCUT2D eigenvalue weighted by Crippen LogP contribution is 2.34. The van der Waals surface area contributed by atoms with E-state index in [4.69, 9.17) is 9.47 Å². The lowest BCUT2D eigenvalue weighted by atomic mass is 9.96. The van der Waals surface area contributed by atoms with Crippen molar-refractivity contribution in [3.8, 4) is 5.75 Å². The Balaban J connectivity index is 1.88. The fraction of sp³-hybridized carbons (Fsp3) is 0.412. The van der Waals surface area contributed by atoms with E-state index in [2.05, 4.69) is 16.0 Å². The number of benzene rings is 1. The molecule has 0 N–H and O–H groups in total. The number of piperidine rings is 1. The fourth-order valence-corrected chi connectivity index (χ4v) is 3.12. The Bertz CT molecular complexity index is 679. The Morgan fingerprint density at radius 1 is 1.18 bits per heavy atom. The van der Waals surface area contributed by atoms with Gasteiger partial charge in [0.2, 0.25) is 0 Å². The maximum Gasteiger partial charge on any atom is 0.308 e. The van der Waals surface area contributed by atoms with Gasteiger partial charge < -0.3 is 14.4 Å². The molecule has 1 aliphatic heterocycles. The van der Waals surface area contributed by atoms with E-state index in [0.29, 0.717) is 0 Å². The fourth-order valence-electron chi connectivity index (χ4n) is 3.12. The summed E-state index contributed by atoms with van der Waals surface area (Å²) in [5.74, 6) is 0.757. The number of aromatic nitrogens is 1. The van der Waals surface area contributed by atoms with Crippen molar-refractivity contribution in [2.24, 2.45) is 5.92 Å². The lowest BCUT2D eigenvalue weighted by Crippen LogP contribution is -2.36. The summed E-state index contributed by atoms with van der Waals surface area (Å²) in [7, 11) is 3.13. The first-order chi connectivity index (χ1) is 10.7. The Hall–Kier alpha value is -2.30. The van der Waals surface area contributed by atoms with Crippen molar-refractivity contribution < 1.29 is 14.3 Å². The van der Waals surface area contributed by atoms with Crippen molar-refractivity contribution in [1.82, 2.24) is 4.98 Å². The molecule has 0 spiro atoms. The minimum atomic E-state index is -0.0940. The number of carbonyl (C=O) groups excluding carboxylic acids is 1. The number of rotatable bonds is 3. The maximum atomic E-state index is 11.6. The van der Waals surface area contributed by atoms with Crippen LogP contribution in [0.2, 0.25) is 0 Å². The molecule has 1 aliphatic rings. The van der Waals surface area contributed by atoms with Crippen LogP contribution in [0, 0.1) is 5.92 Å². The molecule has 0 amide bonds. The summed E-state index contributed by atoms with van der Waals surface area (Å²) in [4.78, 5) is 18.2. The molecule has 0 atom stereocenters. The van der Waals surface area contributed by atoms with Gasteiger partial charge in [-0.2, -0.15) is 0 Å². The first-order valence-electron chi connectivity index (χ1n) is 7.48. The molecule has 0 bridgehead atoms. The molecule has 1 saturated heterocycles. The van der Waals surface area contributed by atoms with Gasteiger partial charge in [-0.1, -0.05) is 0 Å². The van der Waals surface area contributed by atoms with Gasteiger partial charge in [-0.05, 0) is 31.0 Å². The molecule has 2 heterocycles. The predicted molar refractivity (Wildman–Crippen MR) is 85.2 cm³/mol. The molecule has 5 heteroatoms. The van der Waals surface area contributed by atoms with Gasteiger partial charge >= 0.3 is 5.97 Å². The van der Waals surface area contributed by atoms with Gasteiger partial charge in [0.05, 0.1) is 20.1 Å². The SMILES string of the molecule is COC(=O)C1CCN(c2ccc(OC)c3cnccc23)CC1. The molecule has 0 unspecified atom stereocenters. The number of ether oxygens (including phenoxy) is 2. The highest BCUT2D eigenvalue weighted by molar-refractivity contribution is 5.97. The van der Waals surface area contributed by atoms with Crippen molar-refractivity contribution in [3.05, 3.63) is 30.6 Å². The Morgan fingerprint density at radius 2 is 1.95 bits per heavy atom. The van der Waals surface area contributed by atoms with Gasteiger partial charge in [0.1, 0.15) is 5.75 Å². The number of nitrogens with zero attached hydrogens (tertiary/aromatic N) is 2. The van der Waals surface area contributed by atoms with Crippen LogP contribution in [0.25, 0.3) is 10.8 Å². The molecule has 116 valence electrons. The minimum Gasteiger partial charge on any atom is -0.496 e. The Kier molecular flexibility index (Phi) is 4.13. The van der Waals surface area contributed by atoms with Crippen LogP contribution in [0.1, 0.15) is 12.8 Å². The van der Waals surface area contributed by atoms with Crippen molar-refractivity contribution in [2.45, 2.75) is 12.8 Å². The van der Waals surface area contributed by atoms with Crippen molar-refractivity contribution in [1.29, 1.82) is 0 Å². The van der Waals surface area contributed by atoms with Crippen molar-refractivity contribution >= 4 is 22.4 Å². The summed E-state index contributed by atoms with van der Waals surface area (Å²) in [6, 6.07) is 6.07. The molecule has 3 rings (SSSR count). The van der Waals surface area contributed by atoms with Crippen LogP contribution < -0.4 is 9.64 Å². The summed E-state index contributed by atoms with van der Waals surface area (Å²) in [6.45, 7) is 1.70. The lowest BCUT2D eigenvalue weighted by molar-refractivity contribution is -0.146. The molecule has 1 aromatic carbocycles. The normalized spacial score (nSPS) is 15.8. The van der Waals surface area contributed by atoms with Crippen LogP contribution in [0.15, 0.2) is 30.6 Å². The zero-order chi connectivity index (χ0) is 15.5. The second-order valence-electron chi connectivity index (χ2n) is 5.49. The third-order valence-corrected chi connectivity index (χ3v) is 4.35. The lowest BCUT2D eigenvalue weighted by Gasteiger charge is -2.33. The zero-order valence-corrected chi connectivity index (χ0v) is 12.9. The molecule has 0 saturated carbocycles. The second kappa shape index (κ2) is 6.22. The average molecular weight is 300 g/mol. The van der Waals surface area contributed by atoms with E-state index < -0.39 is 0 Å². The minimum absolute atomic E-state index is 0.0208. The molecule has 22 heavy (non-hydrogen) atoms. The number of fused-ring (bicyclic) bond motifs is 1. The molecule has 5 nitrogen and oxygen atoms in total. The number of carbonyl (C=O) groups is 1. The molecular formula is C17H20N2O3. The van der Waals surface area contributed by atoms with Gasteiger partial charge in [-0.15, -0.1) is 0 Å². The van der Waals surface area contributed by atoms with Crippen molar-refractivity contribution in [2.75, 3.05) is 32.2 Å². The number of methoxy groups -OCH3 is 2. The van der Waals surface area contributed by atoms with Gasteiger partial charge in [0, 0.05) is 41.9 Å². The molecule has 0 aliphatic carbocycles. The number of anilines is 1. The standard InChI is InChI=1S/C17H20N2O3/c1-21-16-4-3-15(13-5-8-18-11-14(13)16)19-9-6-12(7-10-19)17(20)22-2/h3-5,8,11-12H,6-7,9-10H2,1-2H3. The van der Waals surface area contributed by atoms with Crippen LogP contribution in [0.4, 0.5) is 5.69 Å². The van der Waals surface area contributed by atoms with E-state index in [1.807, 2.05) is 18.3 Å². The predicted octanol–water partition coefficient (Wildman–Crippen LogP) is 2.63. The Labute approximate surface area is 129 Å². The van der Waals surface area contributed by atoms with E-state index in [1.165, 1.54) is 12.8 Å². The van der Waals surface area contributed by atoms with Crippen LogP contribution >= 0.6 is 0 Å². The molecular weight excluding hydrogens is 280 g/mol. The first kappa shape index (κ1) is 14.6. The topological polar surface area (TPSA) is 51.7 Å². The van der Waals surface area contributed by atoms with E-state index in [0.717, 1.165) is 42.5 Å². The van der Waals surface area contributed by atoms with Gasteiger partial charge in [0.25, 0.3) is 0 Å². The van der Waals surface area contributed by atoms with E-state index in [9.17, 15) is 4.79 Å². The smallest absolute Gasteiger partial charge is 0.308 e. The van der Waals surface area contributed by atoms with Gasteiger partial charge in [-0.25, -0.2) is 0 Å². The summed E-state index contributed by atoms with van der Waals surface area (Å²) >= 11 is 0. The maximum absolute atomic E-state index is 11.6. The van der Waals surface area contributed by atoms with Crippen LogP contribution in [0.5, 0.6) is 5.75 Å². The Morgan fingerprint density at radius 3 is 2.64 bits per heavy atom. The largest absolute Gasteiger partial charge is 0.496 e. The number of pyridine rings is 1. The van der Waals surface area contributed by atoms with E-state index >= 15 is 0 Å². The van der Waals surface area contributed by atoms with Crippen LogP contribution in [0.3, 0.4) is 0 Å². The van der Waals surface area contributed by atoms with E-state index in [-0.39, 0.29) is 11.9 Å². The number of hydrogen-bond donors (Lipinski definition) is 0. The van der Waals surface area contributed by atoms with Crippen molar-refractivity contribution in [3.63, 3.8) is 0 Å². The molecule has 0 radical (unpaired) electrons. The molecule has 1 fully saturated rings. The van der Waals surface area contributed by atoms with E-state index in [1.54, 1.807) is 13.3 Å². The first-order valence-corrected chi connectivity index (χ1v) is 7.48. The summed E-state index contributed by atoms with van der Waals surface area (Å²) in [6.07, 6.45) is 5.28. The highest BCUT2D eigenvalue weighted by atomic mass is 16.5. The van der Waals surface area contributed by atoms with Crippen LogP contribution in [-0.2, 0) is 9.53 Å². The van der Waals surface area contributed by atoms with Crippen LogP contribution in [-0.4, -0.2) is 38.3 Å². The molecule has 1 aromatic heterocycles. The zero-order valence-electron chi connectivity index (χ0n) is 12.9. The summed E-state index contributed by atoms with van der Waals surface area (Å²) < 4.78 is 10.3. The summed E-state index contributed by atoms with van der Waals surface area (Å²) in [5.41, 5.74) is 1.17. The number of esters is 1. The van der Waals surface area contributed by atoms with Gasteiger partial charge in [0.15, 0.2) is 0 Å². The monoisotopic (exact) mass is 300 g/mol. The second-order valence-corrected chi connectivity index (χ2v) is 5.49. The average Bonchev–Trinajstić information content (AvgIpc) is 2.60. The van der Waals surface area contributed by atoms with Gasteiger partial charge in [-0.3, -0.25) is 9.78 Å². The number of hydrogen-bond acceptors (Lipinski definition) is 5. The third-order valence-electron chi connectivity index (χ3n) is 4.35. The highest BCUT2D eigenvalue weighted by Gasteiger charge is 2.26. The summed E-state index contributed by atoms with van der Waals surface area (Å²) in [5, 5.41) is 2.14. The molecule has 2 aromatic rings. The third kappa shape index (κ3) is 2.58. The quantitative estimate of drug-likeness (QED) is 0.816.